The number of amides is 1. The zero-order chi connectivity index (χ0) is 19.3. The molecule has 3 heterocycles. The van der Waals surface area contributed by atoms with Crippen LogP contribution < -0.4 is 5.32 Å². The molecule has 2 aromatic heterocycles. The number of likely N-dealkylation sites (N-methyl/N-ethyl adjacent to an activating group) is 1. The van der Waals surface area contributed by atoms with Crippen molar-refractivity contribution in [1.82, 2.24) is 13.9 Å². The highest BCUT2D eigenvalue weighted by atomic mass is 32.2. The van der Waals surface area contributed by atoms with Gasteiger partial charge in [-0.2, -0.15) is 0 Å². The Kier molecular flexibility index (Phi) is 3.97. The number of sulfonamides is 1. The second kappa shape index (κ2) is 6.10. The predicted octanol–water partition coefficient (Wildman–Crippen LogP) is 2.52. The minimum Gasteiger partial charge on any atom is -0.504 e. The van der Waals surface area contributed by atoms with Crippen LogP contribution in [0.1, 0.15) is 12.6 Å². The average molecular weight is 404 g/mol. The van der Waals surface area contributed by atoms with Crippen molar-refractivity contribution in [2.75, 3.05) is 11.9 Å². The minimum atomic E-state index is -4.03. The van der Waals surface area contributed by atoms with Crippen LogP contribution in [0, 0.1) is 0 Å². The quantitative estimate of drug-likeness (QED) is 0.698. The van der Waals surface area contributed by atoms with Gasteiger partial charge in [-0.15, -0.1) is 11.3 Å². The summed E-state index contributed by atoms with van der Waals surface area (Å²) in [5, 5.41) is 16.0. The predicted molar refractivity (Wildman–Crippen MR) is 103 cm³/mol. The second-order valence-corrected chi connectivity index (χ2v) is 8.61. The normalized spacial score (nSPS) is 15.9. The summed E-state index contributed by atoms with van der Waals surface area (Å²) in [6.07, 6.45) is 1.52. The Balaban J connectivity index is 2.00. The highest BCUT2D eigenvalue weighted by Gasteiger charge is 2.43. The highest BCUT2D eigenvalue weighted by Crippen LogP contribution is 2.41. The fraction of sp³-hybridized carbons (Fsp3) is 0.176. The Bertz CT molecular complexity index is 1190. The summed E-state index contributed by atoms with van der Waals surface area (Å²) in [4.78, 5) is 16.8. The number of aromatic nitrogens is 2. The summed E-state index contributed by atoms with van der Waals surface area (Å²) in [7, 11) is -2.37. The summed E-state index contributed by atoms with van der Waals surface area (Å²) in [5.74, 6) is -1.11. The lowest BCUT2D eigenvalue weighted by Crippen LogP contribution is -2.39. The maximum Gasteiger partial charge on any atom is 0.278 e. The van der Waals surface area contributed by atoms with E-state index >= 15 is 0 Å². The zero-order valence-corrected chi connectivity index (χ0v) is 16.1. The average Bonchev–Trinajstić information content (AvgIpc) is 3.24. The van der Waals surface area contributed by atoms with E-state index in [0.29, 0.717) is 16.0 Å². The number of carbonyl (C=O) groups excluding carboxylic acids is 1. The maximum absolute atomic E-state index is 13.3. The van der Waals surface area contributed by atoms with Crippen molar-refractivity contribution in [1.29, 1.82) is 0 Å². The molecule has 1 aliphatic rings. The van der Waals surface area contributed by atoms with E-state index in [2.05, 4.69) is 10.3 Å². The first-order valence-electron chi connectivity index (χ1n) is 8.12. The first-order valence-corrected chi connectivity index (χ1v) is 10.4. The van der Waals surface area contributed by atoms with Crippen LogP contribution in [0.15, 0.2) is 46.4 Å². The molecule has 0 saturated carbocycles. The summed E-state index contributed by atoms with van der Waals surface area (Å²) < 4.78 is 29.1. The highest BCUT2D eigenvalue weighted by molar-refractivity contribution is 7.89. The third-order valence-electron chi connectivity index (χ3n) is 4.46. The van der Waals surface area contributed by atoms with Gasteiger partial charge < -0.3 is 9.67 Å². The number of nitrogens with one attached hydrogen (secondary N) is 1. The van der Waals surface area contributed by atoms with E-state index in [1.807, 2.05) is 0 Å². The van der Waals surface area contributed by atoms with Gasteiger partial charge in [0.1, 0.15) is 10.6 Å². The summed E-state index contributed by atoms with van der Waals surface area (Å²) in [6, 6.07) is 6.98. The molecule has 2 N–H and O–H groups in total. The van der Waals surface area contributed by atoms with E-state index in [1.165, 1.54) is 17.5 Å². The van der Waals surface area contributed by atoms with Gasteiger partial charge in [0.2, 0.25) is 0 Å². The number of fused-ring (bicyclic) bond motifs is 3. The Hall–Kier alpha value is -2.85. The lowest BCUT2D eigenvalue weighted by Gasteiger charge is -2.29. The molecule has 0 aliphatic carbocycles. The van der Waals surface area contributed by atoms with Crippen molar-refractivity contribution in [3.8, 4) is 0 Å². The number of para-hydroxylation sites is 1. The van der Waals surface area contributed by atoms with E-state index in [-0.39, 0.29) is 28.6 Å². The van der Waals surface area contributed by atoms with Crippen LogP contribution >= 0.6 is 11.3 Å². The Morgan fingerprint density at radius 1 is 1.33 bits per heavy atom. The molecular weight excluding hydrogens is 388 g/mol. The molecule has 4 rings (SSSR count). The molecular formula is C17H16N4O4S2. The van der Waals surface area contributed by atoms with Crippen molar-refractivity contribution >= 4 is 49.1 Å². The Morgan fingerprint density at radius 3 is 2.74 bits per heavy atom. The number of nitrogens with zero attached hydrogens (tertiary/aromatic N) is 3. The molecule has 0 unspecified atom stereocenters. The molecule has 3 aromatic rings. The molecule has 0 bridgehead atoms. The van der Waals surface area contributed by atoms with Gasteiger partial charge in [0, 0.05) is 36.1 Å². The Labute approximate surface area is 159 Å². The van der Waals surface area contributed by atoms with Crippen molar-refractivity contribution in [3.05, 3.63) is 47.2 Å². The van der Waals surface area contributed by atoms with E-state index in [0.717, 1.165) is 4.31 Å². The summed E-state index contributed by atoms with van der Waals surface area (Å²) in [6.45, 7) is 1.60. The van der Waals surface area contributed by atoms with Gasteiger partial charge in [-0.1, -0.05) is 18.2 Å². The molecule has 10 heteroatoms. The van der Waals surface area contributed by atoms with Gasteiger partial charge in [-0.05, 0) is 13.0 Å². The number of anilines is 1. The van der Waals surface area contributed by atoms with E-state index in [4.69, 9.17) is 0 Å². The summed E-state index contributed by atoms with van der Waals surface area (Å²) >= 11 is 1.20. The van der Waals surface area contributed by atoms with Crippen LogP contribution in [0.25, 0.3) is 16.7 Å². The number of carbonyl (C=O) groups is 1. The smallest absolute Gasteiger partial charge is 0.278 e. The van der Waals surface area contributed by atoms with Crippen molar-refractivity contribution in [2.24, 2.45) is 7.05 Å². The van der Waals surface area contributed by atoms with Crippen LogP contribution in [0.5, 0.6) is 0 Å². The number of aryl methyl sites for hydroxylation is 1. The number of thiazole rings is 1. The van der Waals surface area contributed by atoms with Gasteiger partial charge in [0.05, 0.1) is 0 Å². The monoisotopic (exact) mass is 404 g/mol. The van der Waals surface area contributed by atoms with E-state index < -0.39 is 15.9 Å². The zero-order valence-electron chi connectivity index (χ0n) is 14.5. The molecule has 140 valence electrons. The number of benzene rings is 1. The third kappa shape index (κ3) is 2.44. The Morgan fingerprint density at radius 2 is 2.07 bits per heavy atom. The van der Waals surface area contributed by atoms with Gasteiger partial charge in [0.15, 0.2) is 16.6 Å². The number of aliphatic hydroxyl groups excluding tert-OH is 1. The van der Waals surface area contributed by atoms with Gasteiger partial charge in [-0.3, -0.25) is 14.4 Å². The minimum absolute atomic E-state index is 0.00429. The molecule has 8 nitrogen and oxygen atoms in total. The van der Waals surface area contributed by atoms with Crippen LogP contribution in [0.2, 0.25) is 0 Å². The first-order chi connectivity index (χ1) is 12.9. The van der Waals surface area contributed by atoms with Crippen molar-refractivity contribution in [2.45, 2.75) is 11.8 Å². The van der Waals surface area contributed by atoms with Crippen molar-refractivity contribution < 1.29 is 18.3 Å². The second-order valence-electron chi connectivity index (χ2n) is 5.91. The molecule has 0 atom stereocenters. The van der Waals surface area contributed by atoms with Crippen molar-refractivity contribution in [3.63, 3.8) is 0 Å². The first kappa shape index (κ1) is 17.6. The fourth-order valence-electron chi connectivity index (χ4n) is 3.34. The molecule has 0 saturated heterocycles. The number of hydrogen-bond acceptors (Lipinski definition) is 6. The largest absolute Gasteiger partial charge is 0.504 e. The summed E-state index contributed by atoms with van der Waals surface area (Å²) in [5.41, 5.74) is 0.437. The number of hydrogen-bond donors (Lipinski definition) is 2. The number of rotatable bonds is 3. The maximum atomic E-state index is 13.3. The number of aliphatic hydroxyl groups is 1. The standard InChI is InChI=1S/C17H16N4O4S2/c1-3-21-13(16(23)19-17-18-8-9-26-17)14(22)12-15(27(21,24)25)10-6-4-5-7-11(10)20(12)2/h4-9,22H,3H2,1-2H3,(H,18,19,23). The molecule has 27 heavy (non-hydrogen) atoms. The third-order valence-corrected chi connectivity index (χ3v) is 7.10. The van der Waals surface area contributed by atoms with Crippen LogP contribution in [0.4, 0.5) is 5.13 Å². The molecule has 1 aromatic carbocycles. The van der Waals surface area contributed by atoms with Gasteiger partial charge in [-0.25, -0.2) is 13.4 Å². The molecule has 1 aliphatic heterocycles. The molecule has 0 radical (unpaired) electrons. The lowest BCUT2D eigenvalue weighted by molar-refractivity contribution is -0.113. The van der Waals surface area contributed by atoms with Crippen LogP contribution in [-0.4, -0.2) is 39.8 Å². The fourth-order valence-corrected chi connectivity index (χ4v) is 5.76. The van der Waals surface area contributed by atoms with Gasteiger partial charge in [0.25, 0.3) is 15.9 Å². The SMILES string of the molecule is CCN1C(C(=O)Nc2nccs2)=C(O)c2c(c3ccccc3n2C)S1(=O)=O. The van der Waals surface area contributed by atoms with Crippen LogP contribution in [0.3, 0.4) is 0 Å². The van der Waals surface area contributed by atoms with Crippen LogP contribution in [-0.2, 0) is 21.9 Å². The lowest BCUT2D eigenvalue weighted by atomic mass is 10.2. The molecule has 1 amide bonds. The van der Waals surface area contributed by atoms with E-state index in [1.54, 1.807) is 48.2 Å². The molecule has 0 fully saturated rings. The van der Waals surface area contributed by atoms with E-state index in [9.17, 15) is 18.3 Å². The van der Waals surface area contributed by atoms with Gasteiger partial charge >= 0.3 is 0 Å². The molecule has 0 spiro atoms. The topological polar surface area (TPSA) is 105 Å².